The quantitative estimate of drug-likeness (QED) is 0.430. The van der Waals surface area contributed by atoms with Crippen molar-refractivity contribution in [2.45, 2.75) is 6.18 Å². The lowest BCUT2D eigenvalue weighted by molar-refractivity contribution is -0.137. The monoisotopic (exact) mass is 286 g/mol. The van der Waals surface area contributed by atoms with Crippen LogP contribution >= 0.6 is 0 Å². The summed E-state index contributed by atoms with van der Waals surface area (Å²) in [5.41, 5.74) is 0.909. The van der Waals surface area contributed by atoms with Crippen molar-refractivity contribution >= 4 is 27.2 Å². The lowest BCUT2D eigenvalue weighted by atomic mass is 10.0. The molecule has 0 fully saturated rings. The number of pyridine rings is 1. The second-order valence-corrected chi connectivity index (χ2v) is 4.90. The third-order valence-corrected chi connectivity index (χ3v) is 3.69. The minimum absolute atomic E-state index is 0.552. The molecule has 0 radical (unpaired) electrons. The van der Waals surface area contributed by atoms with Gasteiger partial charge in [0.15, 0.2) is 0 Å². The Morgan fingerprint density at radius 3 is 2.29 bits per heavy atom. The lowest BCUT2D eigenvalue weighted by Gasteiger charge is -2.11. The predicted molar refractivity (Wildman–Crippen MR) is 75.2 cm³/mol. The standard InChI is InChI=1S/C16H9F3N2/c17-16(18,19)10-5-6-14-13(9-10)11-3-1-2-4-12(11)15-7-8-20-21(14)15/h1-9H. The predicted octanol–water partition coefficient (Wildman–Crippen LogP) is 4.66. The minimum atomic E-state index is -4.35. The van der Waals surface area contributed by atoms with E-state index in [4.69, 9.17) is 0 Å². The van der Waals surface area contributed by atoms with Crippen LogP contribution in [0.3, 0.4) is 0 Å². The Morgan fingerprint density at radius 1 is 0.810 bits per heavy atom. The molecule has 5 heteroatoms. The van der Waals surface area contributed by atoms with E-state index in [0.717, 1.165) is 22.4 Å². The molecule has 104 valence electrons. The van der Waals surface area contributed by atoms with Crippen LogP contribution in [0.15, 0.2) is 54.7 Å². The number of hydrogen-bond acceptors (Lipinski definition) is 1. The first-order valence-corrected chi connectivity index (χ1v) is 6.41. The van der Waals surface area contributed by atoms with E-state index in [1.807, 2.05) is 30.3 Å². The number of alkyl halides is 3. The Bertz CT molecular complexity index is 983. The van der Waals surface area contributed by atoms with Gasteiger partial charge in [0, 0.05) is 10.8 Å². The molecular formula is C16H9F3N2. The normalized spacial score (nSPS) is 12.5. The summed E-state index contributed by atoms with van der Waals surface area (Å²) in [6.45, 7) is 0. The molecule has 4 aromatic rings. The number of halogens is 3. The topological polar surface area (TPSA) is 17.3 Å². The van der Waals surface area contributed by atoms with Gasteiger partial charge in [-0.05, 0) is 29.7 Å². The molecule has 0 aliphatic rings. The van der Waals surface area contributed by atoms with E-state index in [1.54, 1.807) is 10.7 Å². The summed E-state index contributed by atoms with van der Waals surface area (Å²) in [6, 6.07) is 13.1. The van der Waals surface area contributed by atoms with Crippen molar-refractivity contribution in [3.63, 3.8) is 0 Å². The average molecular weight is 286 g/mol. The first-order chi connectivity index (χ1) is 10.1. The van der Waals surface area contributed by atoms with Crippen molar-refractivity contribution in [1.29, 1.82) is 0 Å². The van der Waals surface area contributed by atoms with Crippen LogP contribution in [0.4, 0.5) is 13.2 Å². The molecule has 4 rings (SSSR count). The molecule has 0 saturated heterocycles. The number of aromatic nitrogens is 2. The third-order valence-electron chi connectivity index (χ3n) is 3.69. The fourth-order valence-corrected chi connectivity index (χ4v) is 2.75. The third kappa shape index (κ3) is 1.70. The highest BCUT2D eigenvalue weighted by molar-refractivity contribution is 6.12. The molecule has 0 unspecified atom stereocenters. The summed E-state index contributed by atoms with van der Waals surface area (Å²) in [4.78, 5) is 0. The summed E-state index contributed by atoms with van der Waals surface area (Å²) in [5.74, 6) is 0. The Morgan fingerprint density at radius 2 is 1.52 bits per heavy atom. The van der Waals surface area contributed by atoms with Gasteiger partial charge in [0.2, 0.25) is 0 Å². The van der Waals surface area contributed by atoms with Crippen LogP contribution in [0.1, 0.15) is 5.56 Å². The second kappa shape index (κ2) is 3.97. The fourth-order valence-electron chi connectivity index (χ4n) is 2.75. The van der Waals surface area contributed by atoms with Crippen molar-refractivity contribution in [3.8, 4) is 0 Å². The summed E-state index contributed by atoms with van der Waals surface area (Å²) in [5, 5.41) is 6.47. The first-order valence-electron chi connectivity index (χ1n) is 6.41. The highest BCUT2D eigenvalue weighted by Crippen LogP contribution is 2.35. The van der Waals surface area contributed by atoms with E-state index in [1.165, 1.54) is 12.1 Å². The molecule has 0 spiro atoms. The zero-order valence-electron chi connectivity index (χ0n) is 10.7. The number of hydrogen-bond donors (Lipinski definition) is 0. The van der Waals surface area contributed by atoms with Gasteiger partial charge >= 0.3 is 6.18 Å². The van der Waals surface area contributed by atoms with Crippen molar-refractivity contribution in [1.82, 2.24) is 9.61 Å². The van der Waals surface area contributed by atoms with Crippen molar-refractivity contribution < 1.29 is 13.2 Å². The molecule has 0 bridgehead atoms. The summed E-state index contributed by atoms with van der Waals surface area (Å²) >= 11 is 0. The summed E-state index contributed by atoms with van der Waals surface area (Å²) < 4.78 is 40.5. The second-order valence-electron chi connectivity index (χ2n) is 4.90. The SMILES string of the molecule is FC(F)(F)c1ccc2c(c1)c1ccccc1c1ccnn12. The fraction of sp³-hybridized carbons (Fsp3) is 0.0625. The van der Waals surface area contributed by atoms with Gasteiger partial charge in [0.05, 0.1) is 22.8 Å². The zero-order chi connectivity index (χ0) is 14.6. The van der Waals surface area contributed by atoms with Crippen LogP contribution in [0.5, 0.6) is 0 Å². The smallest absolute Gasteiger partial charge is 0.232 e. The van der Waals surface area contributed by atoms with E-state index in [-0.39, 0.29) is 0 Å². The van der Waals surface area contributed by atoms with Crippen LogP contribution in [0, 0.1) is 0 Å². The van der Waals surface area contributed by atoms with E-state index >= 15 is 0 Å². The van der Waals surface area contributed by atoms with Crippen molar-refractivity contribution in [2.24, 2.45) is 0 Å². The maximum atomic E-state index is 12.9. The molecule has 21 heavy (non-hydrogen) atoms. The molecule has 2 nitrogen and oxygen atoms in total. The Hall–Kier alpha value is -2.56. The number of benzene rings is 2. The lowest BCUT2D eigenvalue weighted by Crippen LogP contribution is -2.05. The number of fused-ring (bicyclic) bond motifs is 6. The molecule has 0 saturated carbocycles. The summed E-state index contributed by atoms with van der Waals surface area (Å²) in [7, 11) is 0. The van der Waals surface area contributed by atoms with Crippen molar-refractivity contribution in [3.05, 3.63) is 60.3 Å². The first kappa shape index (κ1) is 12.2. The largest absolute Gasteiger partial charge is 0.416 e. The van der Waals surface area contributed by atoms with E-state index in [9.17, 15) is 13.2 Å². The Kier molecular flexibility index (Phi) is 2.31. The maximum absolute atomic E-state index is 12.9. The zero-order valence-corrected chi connectivity index (χ0v) is 10.7. The molecule has 0 aliphatic carbocycles. The van der Waals surface area contributed by atoms with Gasteiger partial charge in [0.1, 0.15) is 0 Å². The average Bonchev–Trinajstić information content (AvgIpc) is 2.96. The van der Waals surface area contributed by atoms with Gasteiger partial charge in [-0.25, -0.2) is 4.52 Å². The highest BCUT2D eigenvalue weighted by atomic mass is 19.4. The number of rotatable bonds is 0. The summed E-state index contributed by atoms with van der Waals surface area (Å²) in [6.07, 6.45) is -2.70. The van der Waals surface area contributed by atoms with Gasteiger partial charge < -0.3 is 0 Å². The van der Waals surface area contributed by atoms with Gasteiger partial charge in [0.25, 0.3) is 0 Å². The molecule has 2 aromatic carbocycles. The molecular weight excluding hydrogens is 277 g/mol. The van der Waals surface area contributed by atoms with Crippen LogP contribution < -0.4 is 0 Å². The van der Waals surface area contributed by atoms with Gasteiger partial charge in [-0.15, -0.1) is 0 Å². The van der Waals surface area contributed by atoms with Gasteiger partial charge in [-0.3, -0.25) is 0 Å². The molecule has 2 heterocycles. The highest BCUT2D eigenvalue weighted by Gasteiger charge is 2.30. The number of nitrogens with zero attached hydrogens (tertiary/aromatic N) is 2. The molecule has 0 N–H and O–H groups in total. The van der Waals surface area contributed by atoms with Crippen LogP contribution in [0.2, 0.25) is 0 Å². The molecule has 2 aromatic heterocycles. The molecule has 0 atom stereocenters. The Labute approximate surface area is 117 Å². The molecule has 0 amide bonds. The minimum Gasteiger partial charge on any atom is -0.232 e. The van der Waals surface area contributed by atoms with E-state index in [2.05, 4.69) is 5.10 Å². The van der Waals surface area contributed by atoms with Gasteiger partial charge in [-0.2, -0.15) is 18.3 Å². The van der Waals surface area contributed by atoms with E-state index < -0.39 is 11.7 Å². The Balaban J connectivity index is 2.26. The molecule has 0 aliphatic heterocycles. The van der Waals surface area contributed by atoms with Crippen LogP contribution in [-0.4, -0.2) is 9.61 Å². The van der Waals surface area contributed by atoms with Crippen molar-refractivity contribution in [2.75, 3.05) is 0 Å². The maximum Gasteiger partial charge on any atom is 0.416 e. The van der Waals surface area contributed by atoms with Crippen LogP contribution in [0.25, 0.3) is 27.2 Å². The van der Waals surface area contributed by atoms with E-state index in [0.29, 0.717) is 10.9 Å². The van der Waals surface area contributed by atoms with Gasteiger partial charge in [-0.1, -0.05) is 24.3 Å². The van der Waals surface area contributed by atoms with Crippen LogP contribution in [-0.2, 0) is 6.18 Å².